The predicted molar refractivity (Wildman–Crippen MR) is 116 cm³/mol. The fourth-order valence-electron chi connectivity index (χ4n) is 4.12. The topological polar surface area (TPSA) is 99.6 Å². The largest absolute Gasteiger partial charge is 0.356 e. The van der Waals surface area contributed by atoms with Crippen molar-refractivity contribution in [1.29, 1.82) is 0 Å². The molecule has 1 aromatic carbocycles. The monoisotopic (exact) mass is 462 g/mol. The van der Waals surface area contributed by atoms with Crippen LogP contribution in [-0.4, -0.2) is 64.1 Å². The second-order valence-corrected chi connectivity index (χ2v) is 8.58. The number of hydrogen-bond donors (Lipinski definition) is 2. The summed E-state index contributed by atoms with van der Waals surface area (Å²) in [6.45, 7) is 3.57. The number of nitrogens with zero attached hydrogens (tertiary/aromatic N) is 4. The molecular formula is C21H24ClFN6O3. The first-order valence-corrected chi connectivity index (χ1v) is 10.7. The first kappa shape index (κ1) is 22.1. The molecule has 4 amide bonds. The lowest BCUT2D eigenvalue weighted by atomic mass is 10.0. The summed E-state index contributed by atoms with van der Waals surface area (Å²) < 4.78 is 15.1. The van der Waals surface area contributed by atoms with Crippen molar-refractivity contribution in [3.63, 3.8) is 0 Å². The highest BCUT2D eigenvalue weighted by Crippen LogP contribution is 2.27. The van der Waals surface area contributed by atoms with Gasteiger partial charge < -0.3 is 20.4 Å². The van der Waals surface area contributed by atoms with E-state index in [0.717, 1.165) is 11.3 Å². The van der Waals surface area contributed by atoms with E-state index in [1.165, 1.54) is 25.1 Å². The molecule has 170 valence electrons. The molecule has 2 N–H and O–H groups in total. The Balaban J connectivity index is 1.53. The van der Waals surface area contributed by atoms with E-state index in [4.69, 9.17) is 11.6 Å². The predicted octanol–water partition coefficient (Wildman–Crippen LogP) is 2.10. The standard InChI is InChI=1S/C21H24ClFN6O3/c1-12(30)24-8-13-9-27(2)20(31)19-15-11-28(6-5-18(15)26-29(19)10-13)21(32)25-14-3-4-17(23)16(22)7-14/h3-4,7,13H,5-6,8-11H2,1-2H3,(H,24,30)(H,25,32). The molecule has 4 rings (SSSR count). The summed E-state index contributed by atoms with van der Waals surface area (Å²) in [5.74, 6) is -0.809. The average molecular weight is 463 g/mol. The van der Waals surface area contributed by atoms with Crippen LogP contribution in [0.25, 0.3) is 0 Å². The molecule has 1 aromatic heterocycles. The number of rotatable bonds is 3. The Morgan fingerprint density at radius 2 is 2.09 bits per heavy atom. The van der Waals surface area contributed by atoms with E-state index in [9.17, 15) is 18.8 Å². The normalized spacial score (nSPS) is 18.0. The molecule has 2 aromatic rings. The minimum absolute atomic E-state index is 0.0260. The number of aromatic nitrogens is 2. The number of anilines is 1. The molecule has 0 saturated heterocycles. The molecule has 0 bridgehead atoms. The van der Waals surface area contributed by atoms with Crippen LogP contribution in [-0.2, 0) is 24.3 Å². The molecule has 2 aliphatic heterocycles. The number of fused-ring (bicyclic) bond motifs is 3. The molecule has 0 spiro atoms. The molecule has 0 radical (unpaired) electrons. The van der Waals surface area contributed by atoms with Crippen LogP contribution in [0.15, 0.2) is 18.2 Å². The maximum Gasteiger partial charge on any atom is 0.322 e. The number of urea groups is 1. The maximum absolute atomic E-state index is 13.4. The lowest BCUT2D eigenvalue weighted by Crippen LogP contribution is -2.40. The summed E-state index contributed by atoms with van der Waals surface area (Å²) in [6, 6.07) is 3.62. The second-order valence-electron chi connectivity index (χ2n) is 8.18. The molecule has 3 heterocycles. The number of carbonyl (C=O) groups excluding carboxylic acids is 3. The first-order valence-electron chi connectivity index (χ1n) is 10.3. The number of benzene rings is 1. The highest BCUT2D eigenvalue weighted by Gasteiger charge is 2.34. The highest BCUT2D eigenvalue weighted by atomic mass is 35.5. The zero-order valence-corrected chi connectivity index (χ0v) is 18.6. The number of halogens is 2. The summed E-state index contributed by atoms with van der Waals surface area (Å²) in [5, 5.41) is 10.1. The van der Waals surface area contributed by atoms with Gasteiger partial charge in [-0.2, -0.15) is 5.10 Å². The summed E-state index contributed by atoms with van der Waals surface area (Å²) >= 11 is 5.80. The third-order valence-electron chi connectivity index (χ3n) is 5.71. The van der Waals surface area contributed by atoms with Gasteiger partial charge in [0.05, 0.1) is 17.3 Å². The maximum atomic E-state index is 13.4. The quantitative estimate of drug-likeness (QED) is 0.729. The molecule has 0 fully saturated rings. The molecule has 0 saturated carbocycles. The van der Waals surface area contributed by atoms with E-state index < -0.39 is 5.82 Å². The number of hydrogen-bond acceptors (Lipinski definition) is 4. The Hall–Kier alpha value is -3.14. The van der Waals surface area contributed by atoms with Gasteiger partial charge in [0.25, 0.3) is 5.91 Å². The Bertz CT molecular complexity index is 1090. The van der Waals surface area contributed by atoms with Gasteiger partial charge in [0.1, 0.15) is 11.5 Å². The van der Waals surface area contributed by atoms with Crippen LogP contribution in [0.3, 0.4) is 0 Å². The molecule has 2 aliphatic rings. The lowest BCUT2D eigenvalue weighted by Gasteiger charge is -2.27. The van der Waals surface area contributed by atoms with E-state index >= 15 is 0 Å². The van der Waals surface area contributed by atoms with Gasteiger partial charge in [0, 0.05) is 63.7 Å². The van der Waals surface area contributed by atoms with Crippen LogP contribution in [0.2, 0.25) is 5.02 Å². The number of carbonyl (C=O) groups is 3. The molecule has 1 unspecified atom stereocenters. The van der Waals surface area contributed by atoms with Gasteiger partial charge in [-0.15, -0.1) is 0 Å². The molecule has 9 nitrogen and oxygen atoms in total. The van der Waals surface area contributed by atoms with Crippen molar-refractivity contribution in [2.45, 2.75) is 26.4 Å². The van der Waals surface area contributed by atoms with Gasteiger partial charge in [-0.1, -0.05) is 11.6 Å². The fourth-order valence-corrected chi connectivity index (χ4v) is 4.30. The van der Waals surface area contributed by atoms with Crippen molar-refractivity contribution in [2.24, 2.45) is 5.92 Å². The Kier molecular flexibility index (Phi) is 6.05. The Labute approximate surface area is 189 Å². The van der Waals surface area contributed by atoms with E-state index in [-0.39, 0.29) is 35.3 Å². The minimum Gasteiger partial charge on any atom is -0.356 e. The van der Waals surface area contributed by atoms with Gasteiger partial charge in [0.2, 0.25) is 5.91 Å². The van der Waals surface area contributed by atoms with Crippen molar-refractivity contribution >= 4 is 35.1 Å². The second kappa shape index (κ2) is 8.78. The van der Waals surface area contributed by atoms with E-state index in [1.807, 2.05) is 0 Å². The van der Waals surface area contributed by atoms with Crippen molar-refractivity contribution in [2.75, 3.05) is 32.0 Å². The van der Waals surface area contributed by atoms with Crippen LogP contribution >= 0.6 is 11.6 Å². The number of nitrogens with one attached hydrogen (secondary N) is 2. The van der Waals surface area contributed by atoms with Crippen molar-refractivity contribution in [1.82, 2.24) is 24.9 Å². The van der Waals surface area contributed by atoms with Crippen LogP contribution in [0.1, 0.15) is 28.7 Å². The zero-order chi connectivity index (χ0) is 23.0. The van der Waals surface area contributed by atoms with Gasteiger partial charge in [-0.3, -0.25) is 14.3 Å². The Morgan fingerprint density at radius 3 is 2.81 bits per heavy atom. The van der Waals surface area contributed by atoms with Crippen LogP contribution in [0, 0.1) is 11.7 Å². The van der Waals surface area contributed by atoms with E-state index in [2.05, 4.69) is 15.7 Å². The summed E-state index contributed by atoms with van der Waals surface area (Å²) in [7, 11) is 1.73. The average Bonchev–Trinajstić information content (AvgIpc) is 3.05. The molecule has 1 atom stereocenters. The smallest absolute Gasteiger partial charge is 0.322 e. The van der Waals surface area contributed by atoms with Crippen molar-refractivity contribution < 1.29 is 18.8 Å². The van der Waals surface area contributed by atoms with Gasteiger partial charge >= 0.3 is 6.03 Å². The van der Waals surface area contributed by atoms with Crippen molar-refractivity contribution in [3.05, 3.63) is 46.0 Å². The molecule has 11 heteroatoms. The lowest BCUT2D eigenvalue weighted by molar-refractivity contribution is -0.119. The molecule has 0 aliphatic carbocycles. The first-order chi connectivity index (χ1) is 15.2. The molecule has 32 heavy (non-hydrogen) atoms. The van der Waals surface area contributed by atoms with Crippen LogP contribution in [0.5, 0.6) is 0 Å². The zero-order valence-electron chi connectivity index (χ0n) is 17.8. The fraction of sp³-hybridized carbons (Fsp3) is 0.429. The van der Waals surface area contributed by atoms with Crippen LogP contribution < -0.4 is 10.6 Å². The number of amides is 4. The van der Waals surface area contributed by atoms with Gasteiger partial charge in [-0.25, -0.2) is 9.18 Å². The summed E-state index contributed by atoms with van der Waals surface area (Å²) in [5.41, 5.74) is 2.41. The van der Waals surface area contributed by atoms with Gasteiger partial charge in [-0.05, 0) is 18.2 Å². The third-order valence-corrected chi connectivity index (χ3v) is 6.00. The van der Waals surface area contributed by atoms with Crippen molar-refractivity contribution in [3.8, 4) is 0 Å². The highest BCUT2D eigenvalue weighted by molar-refractivity contribution is 6.31. The van der Waals surface area contributed by atoms with Crippen LogP contribution in [0.4, 0.5) is 14.9 Å². The van der Waals surface area contributed by atoms with Gasteiger partial charge in [0.15, 0.2) is 0 Å². The minimum atomic E-state index is -0.561. The summed E-state index contributed by atoms with van der Waals surface area (Å²) in [6.07, 6.45) is 0.514. The summed E-state index contributed by atoms with van der Waals surface area (Å²) in [4.78, 5) is 40.4. The van der Waals surface area contributed by atoms with E-state index in [1.54, 1.807) is 21.5 Å². The third kappa shape index (κ3) is 4.40. The Morgan fingerprint density at radius 1 is 1.31 bits per heavy atom. The molecular weight excluding hydrogens is 439 g/mol. The van der Waals surface area contributed by atoms with E-state index in [0.29, 0.717) is 44.0 Å². The SMILES string of the molecule is CC(=O)NCC1CN(C)C(=O)c2c3c(nn2C1)CCN(C(=O)Nc1ccc(F)c(Cl)c1)C3.